The first-order chi connectivity index (χ1) is 16.4. The molecule has 0 aliphatic rings. The average molecular weight is 476 g/mol. The summed E-state index contributed by atoms with van der Waals surface area (Å²) in [6, 6.07) is 20.9. The number of anilines is 1. The van der Waals surface area contributed by atoms with Crippen molar-refractivity contribution in [1.82, 2.24) is 9.55 Å². The monoisotopic (exact) mass is 475 g/mol. The van der Waals surface area contributed by atoms with Crippen LogP contribution in [0.4, 0.5) is 10.5 Å². The van der Waals surface area contributed by atoms with Gasteiger partial charge >= 0.3 is 6.16 Å². The summed E-state index contributed by atoms with van der Waals surface area (Å²) >= 11 is 0. The van der Waals surface area contributed by atoms with Crippen LogP contribution in [0.2, 0.25) is 0 Å². The number of imidazole rings is 1. The minimum atomic E-state index is -1.34. The van der Waals surface area contributed by atoms with Gasteiger partial charge in [-0.25, -0.2) is 9.78 Å². The number of unbranched alkanes of at least 4 members (excludes halogenated alkanes) is 1. The second kappa shape index (κ2) is 11.3. The smallest absolute Gasteiger partial charge is 0.449 e. The maximum absolute atomic E-state index is 11.4. The zero-order valence-electron chi connectivity index (χ0n) is 19.7. The Balaban J connectivity index is 0.00000342. The molecule has 0 bridgehead atoms. The number of nitrogens with one attached hydrogen (secondary N) is 1. The number of hydrogen-bond donors (Lipinski definition) is 2. The van der Waals surface area contributed by atoms with Crippen molar-refractivity contribution in [1.29, 1.82) is 0 Å². The number of carbonyl (C=O) groups is 2. The first kappa shape index (κ1) is 25.5. The fraction of sp³-hybridized carbons (Fsp3) is 0.222. The zero-order chi connectivity index (χ0) is 24.1. The standard InChI is InChI=1S/C27H27N3O4.H2O/c1-3-4-9-26-29-23-16-21(28-18(2)31)14-15-24(23)30(26)17-19-10-12-20(13-11-19)22-7-5-6-8-25(22)34-27(32)33;/h5-8,10-16H,3-4,9,17H2,1-2H3,(H,28,31)(H,32,33);1H2. The largest absolute Gasteiger partial charge is 0.511 e. The molecule has 0 aliphatic heterocycles. The van der Waals surface area contributed by atoms with Crippen LogP contribution in [0.5, 0.6) is 5.75 Å². The van der Waals surface area contributed by atoms with Crippen molar-refractivity contribution >= 4 is 28.8 Å². The minimum absolute atomic E-state index is 0. The highest BCUT2D eigenvalue weighted by Crippen LogP contribution is 2.30. The van der Waals surface area contributed by atoms with Gasteiger partial charge in [0, 0.05) is 31.1 Å². The highest BCUT2D eigenvalue weighted by molar-refractivity contribution is 5.91. The average Bonchev–Trinajstić information content (AvgIpc) is 3.14. The quantitative estimate of drug-likeness (QED) is 0.265. The fourth-order valence-electron chi connectivity index (χ4n) is 4.02. The van der Waals surface area contributed by atoms with Gasteiger partial charge in [-0.2, -0.15) is 0 Å². The first-order valence-corrected chi connectivity index (χ1v) is 11.3. The molecule has 0 saturated carbocycles. The van der Waals surface area contributed by atoms with E-state index >= 15 is 0 Å². The predicted molar refractivity (Wildman–Crippen MR) is 136 cm³/mol. The van der Waals surface area contributed by atoms with Gasteiger partial charge in [-0.15, -0.1) is 0 Å². The Labute approximate surface area is 203 Å². The molecule has 182 valence electrons. The molecular weight excluding hydrogens is 446 g/mol. The van der Waals surface area contributed by atoms with Gasteiger partial charge in [-0.1, -0.05) is 55.8 Å². The van der Waals surface area contributed by atoms with Crippen molar-refractivity contribution in [2.75, 3.05) is 5.32 Å². The van der Waals surface area contributed by atoms with Crippen LogP contribution in [0.15, 0.2) is 66.7 Å². The number of hydrogen-bond acceptors (Lipinski definition) is 4. The molecule has 8 heteroatoms. The number of aromatic nitrogens is 2. The van der Waals surface area contributed by atoms with E-state index in [1.807, 2.05) is 54.6 Å². The molecule has 0 unspecified atom stereocenters. The van der Waals surface area contributed by atoms with Gasteiger partial charge in [0.1, 0.15) is 11.6 Å². The van der Waals surface area contributed by atoms with Crippen LogP contribution in [0.25, 0.3) is 22.2 Å². The number of fused-ring (bicyclic) bond motifs is 1. The lowest BCUT2D eigenvalue weighted by atomic mass is 10.0. The predicted octanol–water partition coefficient (Wildman–Crippen LogP) is 5.28. The Bertz CT molecular complexity index is 1330. The molecule has 0 spiro atoms. The van der Waals surface area contributed by atoms with E-state index in [9.17, 15) is 9.59 Å². The number of ether oxygens (including phenoxy) is 1. The van der Waals surface area contributed by atoms with Crippen molar-refractivity contribution in [2.24, 2.45) is 0 Å². The van der Waals surface area contributed by atoms with Crippen molar-refractivity contribution in [3.05, 3.63) is 78.1 Å². The van der Waals surface area contributed by atoms with Crippen molar-refractivity contribution in [3.63, 3.8) is 0 Å². The summed E-state index contributed by atoms with van der Waals surface area (Å²) in [5.74, 6) is 1.21. The number of nitrogens with zero attached hydrogens (tertiary/aromatic N) is 2. The second-order valence-corrected chi connectivity index (χ2v) is 8.16. The van der Waals surface area contributed by atoms with Gasteiger partial charge in [0.2, 0.25) is 5.91 Å². The van der Waals surface area contributed by atoms with Gasteiger partial charge in [0.25, 0.3) is 0 Å². The second-order valence-electron chi connectivity index (χ2n) is 8.16. The summed E-state index contributed by atoms with van der Waals surface area (Å²) in [6.45, 7) is 4.31. The third-order valence-corrected chi connectivity index (χ3v) is 5.59. The van der Waals surface area contributed by atoms with Crippen molar-refractivity contribution in [2.45, 2.75) is 39.7 Å². The molecule has 4 aromatic rings. The van der Waals surface area contributed by atoms with Gasteiger partial charge in [-0.05, 0) is 41.8 Å². The van der Waals surface area contributed by atoms with Crippen LogP contribution in [0, 0.1) is 0 Å². The van der Waals surface area contributed by atoms with Crippen LogP contribution in [-0.2, 0) is 17.8 Å². The van der Waals surface area contributed by atoms with Crippen molar-refractivity contribution in [3.8, 4) is 16.9 Å². The van der Waals surface area contributed by atoms with E-state index in [-0.39, 0.29) is 11.4 Å². The summed E-state index contributed by atoms with van der Waals surface area (Å²) in [5, 5.41) is 11.8. The van der Waals surface area contributed by atoms with Gasteiger partial charge in [0.15, 0.2) is 0 Å². The van der Waals surface area contributed by atoms with Crippen LogP contribution in [-0.4, -0.2) is 32.2 Å². The molecule has 0 saturated heterocycles. The third kappa shape index (κ3) is 6.04. The lowest BCUT2D eigenvalue weighted by molar-refractivity contribution is -0.114. The van der Waals surface area contributed by atoms with E-state index in [0.29, 0.717) is 12.3 Å². The summed E-state index contributed by atoms with van der Waals surface area (Å²) in [5.41, 5.74) is 5.31. The van der Waals surface area contributed by atoms with Crippen LogP contribution < -0.4 is 10.1 Å². The molecule has 8 nitrogen and oxygen atoms in total. The molecule has 0 aliphatic carbocycles. The minimum Gasteiger partial charge on any atom is -0.449 e. The summed E-state index contributed by atoms with van der Waals surface area (Å²) in [7, 11) is 0. The Morgan fingerprint density at radius 1 is 1.06 bits per heavy atom. The van der Waals surface area contributed by atoms with E-state index in [2.05, 4.69) is 16.8 Å². The molecule has 0 radical (unpaired) electrons. The van der Waals surface area contributed by atoms with Crippen molar-refractivity contribution < 1.29 is 24.9 Å². The highest BCUT2D eigenvalue weighted by Gasteiger charge is 2.13. The normalized spacial score (nSPS) is 10.6. The maximum Gasteiger partial charge on any atom is 0.511 e. The maximum atomic E-state index is 11.4. The molecular formula is C27H29N3O5. The Morgan fingerprint density at radius 2 is 1.80 bits per heavy atom. The molecule has 4 N–H and O–H groups in total. The molecule has 1 aromatic heterocycles. The topological polar surface area (TPSA) is 125 Å². The highest BCUT2D eigenvalue weighted by atomic mass is 16.7. The molecule has 0 fully saturated rings. The Kier molecular flexibility index (Phi) is 8.22. The van der Waals surface area contributed by atoms with Gasteiger partial charge in [0.05, 0.1) is 11.0 Å². The number of carbonyl (C=O) groups excluding carboxylic acids is 1. The van der Waals surface area contributed by atoms with Crippen LogP contribution in [0.1, 0.15) is 38.1 Å². The number of rotatable bonds is 8. The first-order valence-electron chi connectivity index (χ1n) is 11.3. The van der Waals surface area contributed by atoms with E-state index < -0.39 is 6.16 Å². The van der Waals surface area contributed by atoms with E-state index in [4.69, 9.17) is 14.8 Å². The molecule has 1 heterocycles. The summed E-state index contributed by atoms with van der Waals surface area (Å²) in [6.07, 6.45) is 1.66. The van der Waals surface area contributed by atoms with Crippen LogP contribution in [0.3, 0.4) is 0 Å². The SMILES string of the molecule is CCCCc1nc2cc(NC(C)=O)ccc2n1Cc1ccc(-c2ccccc2OC(=O)O)cc1.O. The lowest BCUT2D eigenvalue weighted by Gasteiger charge is -2.12. The van der Waals surface area contributed by atoms with E-state index in [1.54, 1.807) is 12.1 Å². The number of amides is 1. The molecule has 4 rings (SSSR count). The van der Waals surface area contributed by atoms with E-state index in [1.165, 1.54) is 6.92 Å². The van der Waals surface area contributed by atoms with Gasteiger partial charge in [-0.3, -0.25) is 4.79 Å². The molecule has 35 heavy (non-hydrogen) atoms. The molecule has 1 amide bonds. The zero-order valence-corrected chi connectivity index (χ0v) is 19.7. The number of carboxylic acid groups (broad SMARTS) is 1. The van der Waals surface area contributed by atoms with E-state index in [0.717, 1.165) is 58.5 Å². The third-order valence-electron chi connectivity index (χ3n) is 5.59. The fourth-order valence-corrected chi connectivity index (χ4v) is 4.02. The molecule has 3 aromatic carbocycles. The van der Waals surface area contributed by atoms with Gasteiger partial charge < -0.3 is 25.2 Å². The Hall–Kier alpha value is -4.17. The number of aryl methyl sites for hydroxylation is 1. The number of para-hydroxylation sites is 1. The number of benzene rings is 3. The molecule has 0 atom stereocenters. The summed E-state index contributed by atoms with van der Waals surface area (Å²) < 4.78 is 7.15. The lowest BCUT2D eigenvalue weighted by Crippen LogP contribution is -2.06. The van der Waals surface area contributed by atoms with Crippen LogP contribution >= 0.6 is 0 Å². The Morgan fingerprint density at radius 3 is 2.49 bits per heavy atom. The summed E-state index contributed by atoms with van der Waals surface area (Å²) in [4.78, 5) is 27.3.